The van der Waals surface area contributed by atoms with Gasteiger partial charge in [0.25, 0.3) is 5.78 Å². The highest BCUT2D eigenvalue weighted by atomic mass is 19.1. The average Bonchev–Trinajstić information content (AvgIpc) is 3.00. The summed E-state index contributed by atoms with van der Waals surface area (Å²) in [6, 6.07) is 5.12. The molecule has 0 radical (unpaired) electrons. The zero-order valence-corrected chi connectivity index (χ0v) is 16.0. The molecule has 1 aliphatic heterocycles. The minimum Gasteiger partial charge on any atom is -0.351 e. The molecule has 4 aromatic rings. The number of fused-ring (bicyclic) bond motifs is 2. The van der Waals surface area contributed by atoms with Crippen LogP contribution >= 0.6 is 0 Å². The highest BCUT2D eigenvalue weighted by Crippen LogP contribution is 2.28. The first-order valence-electron chi connectivity index (χ1n) is 9.27. The van der Waals surface area contributed by atoms with Gasteiger partial charge in [0.05, 0.1) is 0 Å². The zero-order chi connectivity index (χ0) is 20.1. The summed E-state index contributed by atoms with van der Waals surface area (Å²) in [5.41, 5.74) is 4.55. The Morgan fingerprint density at radius 2 is 1.97 bits per heavy atom. The molecule has 0 fully saturated rings. The van der Waals surface area contributed by atoms with Crippen LogP contribution in [0.4, 0.5) is 10.2 Å². The van der Waals surface area contributed by atoms with Crippen LogP contribution in [0, 0.1) is 12.9 Å². The third-order valence-corrected chi connectivity index (χ3v) is 5.22. The van der Waals surface area contributed by atoms with Gasteiger partial charge in [0.2, 0.25) is 5.95 Å². The Kier molecular flexibility index (Phi) is 3.90. The topological polar surface area (TPSA) is 81.2 Å². The Labute approximate surface area is 165 Å². The number of aromatic nitrogens is 6. The number of anilines is 1. The molecule has 5 heterocycles. The summed E-state index contributed by atoms with van der Waals surface area (Å²) in [6.07, 6.45) is 5.89. The molecule has 0 spiro atoms. The molecule has 0 bridgehead atoms. The van der Waals surface area contributed by atoms with E-state index in [1.54, 1.807) is 25.5 Å². The van der Waals surface area contributed by atoms with Crippen molar-refractivity contribution in [1.82, 2.24) is 29.1 Å². The zero-order valence-electron chi connectivity index (χ0n) is 16.0. The van der Waals surface area contributed by atoms with Crippen molar-refractivity contribution in [2.45, 2.75) is 19.9 Å². The fraction of sp³-hybridized carbons (Fsp3) is 0.250. The van der Waals surface area contributed by atoms with Gasteiger partial charge in [-0.2, -0.15) is 9.37 Å². The molecule has 29 heavy (non-hydrogen) atoms. The summed E-state index contributed by atoms with van der Waals surface area (Å²) in [6.45, 7) is 3.36. The SMILES string of the molecule is Cc1cn2c(=O)n(C)nc2nc1N1CCc2ncc(-c3ccc(F)nc3)cc2C1. The van der Waals surface area contributed by atoms with E-state index in [1.807, 2.05) is 6.92 Å². The quantitative estimate of drug-likeness (QED) is 0.486. The van der Waals surface area contributed by atoms with Crippen LogP contribution in [-0.2, 0) is 20.0 Å². The summed E-state index contributed by atoms with van der Waals surface area (Å²) >= 11 is 0. The molecule has 0 atom stereocenters. The maximum Gasteiger partial charge on any atom is 0.351 e. The average molecular weight is 391 g/mol. The summed E-state index contributed by atoms with van der Waals surface area (Å²) in [7, 11) is 1.61. The minimum absolute atomic E-state index is 0.215. The number of pyridine rings is 2. The molecule has 4 aromatic heterocycles. The van der Waals surface area contributed by atoms with Crippen molar-refractivity contribution in [3.8, 4) is 11.1 Å². The van der Waals surface area contributed by atoms with E-state index in [0.717, 1.165) is 46.7 Å². The highest BCUT2D eigenvalue weighted by Gasteiger charge is 2.22. The van der Waals surface area contributed by atoms with Crippen LogP contribution in [0.15, 0.2) is 41.6 Å². The molecule has 0 amide bonds. The van der Waals surface area contributed by atoms with Crippen molar-refractivity contribution in [2.75, 3.05) is 11.4 Å². The number of hydrogen-bond donors (Lipinski definition) is 0. The van der Waals surface area contributed by atoms with E-state index < -0.39 is 5.95 Å². The number of nitrogens with zero attached hydrogens (tertiary/aromatic N) is 7. The Hall–Kier alpha value is -3.62. The van der Waals surface area contributed by atoms with E-state index in [1.165, 1.54) is 21.3 Å². The van der Waals surface area contributed by atoms with Gasteiger partial charge in [-0.05, 0) is 30.7 Å². The van der Waals surface area contributed by atoms with Crippen molar-refractivity contribution in [3.05, 3.63) is 70.0 Å². The molecule has 0 aromatic carbocycles. The summed E-state index contributed by atoms with van der Waals surface area (Å²) in [5.74, 6) is 0.687. The predicted octanol–water partition coefficient (Wildman–Crippen LogP) is 1.90. The standard InChI is InChI=1S/C20H18FN7O/c1-12-10-28-19(25-26(2)20(28)29)24-18(12)27-6-5-16-15(11-27)7-14(9-22-16)13-3-4-17(21)23-8-13/h3-4,7-10H,5-6,11H2,1-2H3. The number of halogens is 1. The number of aryl methyl sites for hydroxylation is 2. The Morgan fingerprint density at radius 1 is 1.14 bits per heavy atom. The molecule has 1 aliphatic rings. The van der Waals surface area contributed by atoms with Gasteiger partial charge in [-0.1, -0.05) is 0 Å². The van der Waals surface area contributed by atoms with Crippen molar-refractivity contribution < 1.29 is 4.39 Å². The fourth-order valence-corrected chi connectivity index (χ4v) is 3.72. The first-order valence-corrected chi connectivity index (χ1v) is 9.27. The molecular formula is C20H18FN7O. The third-order valence-electron chi connectivity index (χ3n) is 5.22. The van der Waals surface area contributed by atoms with E-state index in [4.69, 9.17) is 0 Å². The van der Waals surface area contributed by atoms with Crippen LogP contribution < -0.4 is 10.6 Å². The molecule has 0 aliphatic carbocycles. The third kappa shape index (κ3) is 2.95. The lowest BCUT2D eigenvalue weighted by Gasteiger charge is -2.30. The van der Waals surface area contributed by atoms with E-state index in [2.05, 4.69) is 31.0 Å². The second-order valence-electron chi connectivity index (χ2n) is 7.19. The van der Waals surface area contributed by atoms with Gasteiger partial charge in [0, 0.05) is 67.5 Å². The summed E-state index contributed by atoms with van der Waals surface area (Å²) < 4.78 is 15.9. The van der Waals surface area contributed by atoms with Crippen LogP contribution in [0.1, 0.15) is 16.8 Å². The van der Waals surface area contributed by atoms with Gasteiger partial charge in [-0.25, -0.2) is 18.9 Å². The first-order chi connectivity index (χ1) is 14.0. The Morgan fingerprint density at radius 3 is 2.76 bits per heavy atom. The van der Waals surface area contributed by atoms with Crippen LogP contribution in [0.25, 0.3) is 16.9 Å². The largest absolute Gasteiger partial charge is 0.351 e. The minimum atomic E-state index is -0.503. The maximum absolute atomic E-state index is 13.1. The van der Waals surface area contributed by atoms with Gasteiger partial charge in [-0.3, -0.25) is 4.98 Å². The normalized spacial score (nSPS) is 13.7. The second-order valence-corrected chi connectivity index (χ2v) is 7.19. The number of hydrogen-bond acceptors (Lipinski definition) is 6. The smallest absolute Gasteiger partial charge is 0.351 e. The molecule has 0 unspecified atom stereocenters. The van der Waals surface area contributed by atoms with Crippen LogP contribution in [0.5, 0.6) is 0 Å². The lowest BCUT2D eigenvalue weighted by atomic mass is 10.0. The number of rotatable bonds is 2. The van der Waals surface area contributed by atoms with E-state index in [9.17, 15) is 9.18 Å². The van der Waals surface area contributed by atoms with Crippen molar-refractivity contribution in [2.24, 2.45) is 7.05 Å². The molecule has 0 N–H and O–H groups in total. The molecule has 0 saturated carbocycles. The molecule has 8 nitrogen and oxygen atoms in total. The van der Waals surface area contributed by atoms with Gasteiger partial charge >= 0.3 is 5.69 Å². The lowest BCUT2D eigenvalue weighted by Crippen LogP contribution is -2.32. The molecule has 5 rings (SSSR count). The molecule has 9 heteroatoms. The van der Waals surface area contributed by atoms with Crippen LogP contribution in [0.3, 0.4) is 0 Å². The summed E-state index contributed by atoms with van der Waals surface area (Å²) in [5, 5.41) is 4.19. The van der Waals surface area contributed by atoms with Gasteiger partial charge < -0.3 is 4.90 Å². The van der Waals surface area contributed by atoms with Crippen molar-refractivity contribution in [3.63, 3.8) is 0 Å². The monoisotopic (exact) mass is 391 g/mol. The first kappa shape index (κ1) is 17.5. The van der Waals surface area contributed by atoms with Crippen molar-refractivity contribution >= 4 is 11.6 Å². The molecule has 146 valence electrons. The van der Waals surface area contributed by atoms with Crippen LogP contribution in [-0.4, -0.2) is 35.7 Å². The fourth-order valence-electron chi connectivity index (χ4n) is 3.72. The van der Waals surface area contributed by atoms with Gasteiger partial charge in [-0.15, -0.1) is 5.10 Å². The van der Waals surface area contributed by atoms with Crippen molar-refractivity contribution in [1.29, 1.82) is 0 Å². The van der Waals surface area contributed by atoms with Crippen LogP contribution in [0.2, 0.25) is 0 Å². The van der Waals surface area contributed by atoms with Gasteiger partial charge in [0.1, 0.15) is 5.82 Å². The highest BCUT2D eigenvalue weighted by molar-refractivity contribution is 5.63. The maximum atomic E-state index is 13.1. The Bertz CT molecular complexity index is 1290. The molecular weight excluding hydrogens is 373 g/mol. The van der Waals surface area contributed by atoms with Gasteiger partial charge in [0.15, 0.2) is 0 Å². The second kappa shape index (κ2) is 6.47. The van der Waals surface area contributed by atoms with E-state index >= 15 is 0 Å². The van der Waals surface area contributed by atoms with E-state index in [0.29, 0.717) is 12.3 Å². The Balaban J connectivity index is 1.51. The molecule has 0 saturated heterocycles. The predicted molar refractivity (Wildman–Crippen MR) is 105 cm³/mol. The summed E-state index contributed by atoms with van der Waals surface area (Å²) in [4.78, 5) is 27.2. The lowest BCUT2D eigenvalue weighted by molar-refractivity contribution is 0.584. The van der Waals surface area contributed by atoms with E-state index in [-0.39, 0.29) is 5.69 Å².